The molecular weight excluding hydrogens is 419 g/mol. The molecule has 162 valence electrons. The Kier molecular flexibility index (Phi) is 5.10. The number of nitrogens with zero attached hydrogens (tertiary/aromatic N) is 3. The van der Waals surface area contributed by atoms with Crippen LogP contribution < -0.4 is 19.7 Å². The molecule has 0 bridgehead atoms. The first-order valence-corrected chi connectivity index (χ1v) is 10.2. The summed E-state index contributed by atoms with van der Waals surface area (Å²) in [6.07, 6.45) is 0. The highest BCUT2D eigenvalue weighted by atomic mass is 32.2. The van der Waals surface area contributed by atoms with Crippen LogP contribution in [0.1, 0.15) is 26.5 Å². The number of phenols is 1. The van der Waals surface area contributed by atoms with Crippen molar-refractivity contribution in [2.24, 2.45) is 7.05 Å². The number of urea groups is 1. The minimum atomic E-state index is -4.30. The molecule has 1 aliphatic rings. The van der Waals surface area contributed by atoms with Gasteiger partial charge in [-0.15, -0.1) is 0 Å². The van der Waals surface area contributed by atoms with Crippen molar-refractivity contribution in [3.05, 3.63) is 29.7 Å². The quantitative estimate of drug-likeness (QED) is 0.567. The van der Waals surface area contributed by atoms with Crippen molar-refractivity contribution in [2.45, 2.75) is 26.2 Å². The van der Waals surface area contributed by atoms with Gasteiger partial charge in [0.15, 0.2) is 5.82 Å². The van der Waals surface area contributed by atoms with Crippen LogP contribution in [0.3, 0.4) is 0 Å². The van der Waals surface area contributed by atoms with Crippen molar-refractivity contribution in [3.8, 4) is 5.75 Å². The van der Waals surface area contributed by atoms with Gasteiger partial charge in [0.1, 0.15) is 23.8 Å². The van der Waals surface area contributed by atoms with Gasteiger partial charge in [0, 0.05) is 30.3 Å². The Labute approximate surface area is 172 Å². The number of amides is 3. The second-order valence-corrected chi connectivity index (χ2v) is 9.33. The van der Waals surface area contributed by atoms with Crippen molar-refractivity contribution in [1.29, 1.82) is 0 Å². The van der Waals surface area contributed by atoms with Crippen molar-refractivity contribution < 1.29 is 27.5 Å². The van der Waals surface area contributed by atoms with Crippen LogP contribution in [0.2, 0.25) is 0 Å². The maximum absolute atomic E-state index is 14.5. The largest absolute Gasteiger partial charge is 0.506 e. The summed E-state index contributed by atoms with van der Waals surface area (Å²) in [7, 11) is -2.65. The molecular formula is C17H21FN6O5S. The SMILES string of the molecule is Cn1nc(C(C)(C)C)cc1NC(=O)Nc1cc(O)c(N2CC(=O)NS2(=O)=O)c(F)c1. The fourth-order valence-electron chi connectivity index (χ4n) is 2.78. The molecule has 2 aromatic rings. The number of aromatic nitrogens is 2. The molecule has 0 aliphatic carbocycles. The molecule has 30 heavy (non-hydrogen) atoms. The van der Waals surface area contributed by atoms with E-state index >= 15 is 0 Å². The van der Waals surface area contributed by atoms with Gasteiger partial charge >= 0.3 is 16.2 Å². The average Bonchev–Trinajstić information content (AvgIpc) is 3.05. The zero-order valence-electron chi connectivity index (χ0n) is 16.6. The molecule has 1 fully saturated rings. The lowest BCUT2D eigenvalue weighted by Gasteiger charge is -2.18. The smallest absolute Gasteiger partial charge is 0.326 e. The van der Waals surface area contributed by atoms with E-state index in [-0.39, 0.29) is 11.1 Å². The maximum atomic E-state index is 14.5. The van der Waals surface area contributed by atoms with Crippen LogP contribution in [0, 0.1) is 5.82 Å². The first kappa shape index (κ1) is 21.4. The second-order valence-electron chi connectivity index (χ2n) is 7.73. The molecule has 0 saturated carbocycles. The van der Waals surface area contributed by atoms with Gasteiger partial charge in [0.05, 0.1) is 5.69 Å². The lowest BCUT2D eigenvalue weighted by Crippen LogP contribution is -2.30. The number of phenolic OH excluding ortho intramolecular Hbond substituents is 1. The third-order valence-corrected chi connectivity index (χ3v) is 5.64. The lowest BCUT2D eigenvalue weighted by atomic mass is 9.92. The van der Waals surface area contributed by atoms with Gasteiger partial charge in [-0.3, -0.25) is 14.8 Å². The zero-order valence-corrected chi connectivity index (χ0v) is 17.5. The molecule has 3 rings (SSSR count). The van der Waals surface area contributed by atoms with Crippen LogP contribution in [0.25, 0.3) is 0 Å². The van der Waals surface area contributed by atoms with E-state index in [4.69, 9.17) is 0 Å². The lowest BCUT2D eigenvalue weighted by molar-refractivity contribution is -0.117. The van der Waals surface area contributed by atoms with E-state index < -0.39 is 45.9 Å². The number of benzene rings is 1. The van der Waals surface area contributed by atoms with E-state index in [0.29, 0.717) is 10.1 Å². The molecule has 3 amide bonds. The molecule has 1 aliphatic heterocycles. The number of hydrogen-bond donors (Lipinski definition) is 4. The highest BCUT2D eigenvalue weighted by Crippen LogP contribution is 2.36. The van der Waals surface area contributed by atoms with Gasteiger partial charge in [-0.2, -0.15) is 13.5 Å². The molecule has 1 aromatic carbocycles. The highest BCUT2D eigenvalue weighted by molar-refractivity contribution is 7.92. The number of halogens is 1. The Morgan fingerprint density at radius 1 is 1.27 bits per heavy atom. The topological polar surface area (TPSA) is 146 Å². The van der Waals surface area contributed by atoms with Gasteiger partial charge in [-0.05, 0) is 6.07 Å². The first-order valence-electron chi connectivity index (χ1n) is 8.76. The standard InChI is InChI=1S/C17H21FN6O5S/c1-17(2,3)12-7-13(23(4)21-12)20-16(27)19-9-5-10(18)15(11(25)6-9)24-8-14(26)22-30(24,28)29/h5-7,25H,8H2,1-4H3,(H,22,26)(H2,19,20,27). The molecule has 2 heterocycles. The van der Waals surface area contributed by atoms with E-state index in [1.165, 1.54) is 4.68 Å². The molecule has 0 atom stereocenters. The number of aromatic hydroxyl groups is 1. The number of anilines is 3. The molecule has 0 spiro atoms. The fourth-order valence-corrected chi connectivity index (χ4v) is 3.95. The van der Waals surface area contributed by atoms with E-state index in [2.05, 4.69) is 15.7 Å². The Balaban J connectivity index is 1.79. The summed E-state index contributed by atoms with van der Waals surface area (Å²) in [5.41, 5.74) is -0.296. The zero-order chi connectivity index (χ0) is 22.4. The highest BCUT2D eigenvalue weighted by Gasteiger charge is 2.37. The summed E-state index contributed by atoms with van der Waals surface area (Å²) in [5, 5.41) is 19.4. The van der Waals surface area contributed by atoms with Crippen molar-refractivity contribution in [2.75, 3.05) is 21.5 Å². The van der Waals surface area contributed by atoms with E-state index in [1.54, 1.807) is 17.8 Å². The van der Waals surface area contributed by atoms with Crippen LogP contribution >= 0.6 is 0 Å². The number of rotatable bonds is 3. The summed E-state index contributed by atoms with van der Waals surface area (Å²) in [4.78, 5) is 23.6. The normalized spacial score (nSPS) is 15.8. The number of carbonyl (C=O) groups excluding carboxylic acids is 2. The number of nitrogens with one attached hydrogen (secondary N) is 3. The number of aryl methyl sites for hydroxylation is 1. The molecule has 13 heteroatoms. The minimum Gasteiger partial charge on any atom is -0.506 e. The summed E-state index contributed by atoms with van der Waals surface area (Å²) in [6, 6.07) is 2.77. The van der Waals surface area contributed by atoms with Crippen molar-refractivity contribution in [1.82, 2.24) is 14.5 Å². The Hall–Kier alpha value is -3.35. The van der Waals surface area contributed by atoms with Gasteiger partial charge in [-0.25, -0.2) is 18.2 Å². The number of hydrogen-bond acceptors (Lipinski definition) is 6. The Bertz CT molecular complexity index is 1110. The third-order valence-electron chi connectivity index (χ3n) is 4.26. The van der Waals surface area contributed by atoms with Gasteiger partial charge in [0.2, 0.25) is 0 Å². The second kappa shape index (κ2) is 7.16. The van der Waals surface area contributed by atoms with E-state index in [9.17, 15) is 27.5 Å². The third kappa shape index (κ3) is 4.15. The van der Waals surface area contributed by atoms with Crippen molar-refractivity contribution >= 4 is 39.3 Å². The van der Waals surface area contributed by atoms with Crippen LogP contribution in [0.4, 0.5) is 26.4 Å². The molecule has 1 aromatic heterocycles. The van der Waals surface area contributed by atoms with Crippen molar-refractivity contribution in [3.63, 3.8) is 0 Å². The molecule has 11 nitrogen and oxygen atoms in total. The van der Waals surface area contributed by atoms with Crippen LogP contribution in [0.15, 0.2) is 18.2 Å². The minimum absolute atomic E-state index is 0.125. The van der Waals surface area contributed by atoms with Crippen LogP contribution in [-0.2, 0) is 27.5 Å². The van der Waals surface area contributed by atoms with E-state index in [0.717, 1.165) is 17.8 Å². The summed E-state index contributed by atoms with van der Waals surface area (Å²) in [6.45, 7) is 5.23. The Morgan fingerprint density at radius 2 is 1.93 bits per heavy atom. The monoisotopic (exact) mass is 440 g/mol. The molecule has 1 saturated heterocycles. The maximum Gasteiger partial charge on any atom is 0.326 e. The molecule has 0 unspecified atom stereocenters. The predicted octanol–water partition coefficient (Wildman–Crippen LogP) is 1.39. The predicted molar refractivity (Wildman–Crippen MR) is 107 cm³/mol. The van der Waals surface area contributed by atoms with Gasteiger partial charge in [0.25, 0.3) is 5.91 Å². The first-order chi connectivity index (χ1) is 13.8. The summed E-state index contributed by atoms with van der Waals surface area (Å²) < 4.78 is 41.8. The fraction of sp³-hybridized carbons (Fsp3) is 0.353. The van der Waals surface area contributed by atoms with Crippen LogP contribution in [0.5, 0.6) is 5.75 Å². The van der Waals surface area contributed by atoms with E-state index in [1.807, 2.05) is 20.8 Å². The molecule has 0 radical (unpaired) electrons. The molecule has 4 N–H and O–H groups in total. The Morgan fingerprint density at radius 3 is 2.43 bits per heavy atom. The van der Waals surface area contributed by atoms with Crippen LogP contribution in [-0.4, -0.2) is 41.8 Å². The average molecular weight is 440 g/mol. The summed E-state index contributed by atoms with van der Waals surface area (Å²) >= 11 is 0. The summed E-state index contributed by atoms with van der Waals surface area (Å²) in [5.74, 6) is -2.37. The van der Waals surface area contributed by atoms with Gasteiger partial charge in [-0.1, -0.05) is 20.8 Å². The van der Waals surface area contributed by atoms with Gasteiger partial charge < -0.3 is 10.4 Å². The number of carbonyl (C=O) groups is 2.